The van der Waals surface area contributed by atoms with E-state index in [0.717, 1.165) is 23.2 Å². The molecule has 0 radical (unpaired) electrons. The Hall–Kier alpha value is -1.90. The average molecular weight is 253 g/mol. The van der Waals surface area contributed by atoms with Crippen LogP contribution in [0, 0.1) is 13.8 Å². The van der Waals surface area contributed by atoms with Gasteiger partial charge in [-0.15, -0.1) is 0 Å². The number of hydrogen-bond acceptors (Lipinski definition) is 2. The lowest BCUT2D eigenvalue weighted by Crippen LogP contribution is -1.94. The van der Waals surface area contributed by atoms with Crippen molar-refractivity contribution in [3.05, 3.63) is 41.2 Å². The third kappa shape index (κ3) is 2.09. The van der Waals surface area contributed by atoms with Gasteiger partial charge in [0.25, 0.3) is 0 Å². The van der Waals surface area contributed by atoms with Gasteiger partial charge >= 0.3 is 0 Å². The molecule has 3 nitrogen and oxygen atoms in total. The molecule has 3 rings (SSSR count). The molecule has 19 heavy (non-hydrogen) atoms. The number of benzene rings is 1. The molecule has 0 N–H and O–H groups in total. The van der Waals surface area contributed by atoms with Gasteiger partial charge in [0, 0.05) is 12.4 Å². The molecule has 0 saturated carbocycles. The molecule has 0 aliphatic carbocycles. The zero-order valence-corrected chi connectivity index (χ0v) is 11.8. The van der Waals surface area contributed by atoms with E-state index < -0.39 is 0 Å². The predicted molar refractivity (Wildman–Crippen MR) is 78.6 cm³/mol. The molecule has 2 aromatic heterocycles. The lowest BCUT2D eigenvalue weighted by atomic mass is 10.1. The van der Waals surface area contributed by atoms with E-state index in [9.17, 15) is 0 Å². The molecule has 0 bridgehead atoms. The standard InChI is InChI=1S/C16H19N3/c1-4-5-6-13-9-17-16-18-14-7-11(2)12(3)8-15(14)19(16)10-13/h7-10H,4-6H2,1-3H3. The summed E-state index contributed by atoms with van der Waals surface area (Å²) < 4.78 is 2.12. The number of rotatable bonds is 3. The molecule has 0 aliphatic heterocycles. The molecule has 0 spiro atoms. The van der Waals surface area contributed by atoms with E-state index in [1.807, 2.05) is 6.20 Å². The van der Waals surface area contributed by atoms with Crippen molar-refractivity contribution in [2.24, 2.45) is 0 Å². The summed E-state index contributed by atoms with van der Waals surface area (Å²) in [5.74, 6) is 0.792. The second-order valence-electron chi connectivity index (χ2n) is 5.27. The van der Waals surface area contributed by atoms with E-state index in [0.29, 0.717) is 0 Å². The van der Waals surface area contributed by atoms with Crippen LogP contribution in [0.2, 0.25) is 0 Å². The molecule has 2 heterocycles. The highest BCUT2D eigenvalue weighted by Gasteiger charge is 2.07. The van der Waals surface area contributed by atoms with Gasteiger partial charge in [0.2, 0.25) is 5.78 Å². The summed E-state index contributed by atoms with van der Waals surface area (Å²) in [7, 11) is 0. The first-order valence-electron chi connectivity index (χ1n) is 6.93. The SMILES string of the molecule is CCCCc1cnc2nc3cc(C)c(C)cc3n2c1. The second kappa shape index (κ2) is 4.65. The van der Waals surface area contributed by atoms with Crippen LogP contribution < -0.4 is 0 Å². The first-order valence-corrected chi connectivity index (χ1v) is 6.93. The number of imidazole rings is 1. The molecule has 0 atom stereocenters. The van der Waals surface area contributed by atoms with Crippen LogP contribution in [0.3, 0.4) is 0 Å². The molecule has 0 aliphatic rings. The monoisotopic (exact) mass is 253 g/mol. The summed E-state index contributed by atoms with van der Waals surface area (Å²) in [6.07, 6.45) is 7.64. The van der Waals surface area contributed by atoms with Crippen molar-refractivity contribution < 1.29 is 0 Å². The first-order chi connectivity index (χ1) is 9.19. The van der Waals surface area contributed by atoms with Crippen LogP contribution in [0.25, 0.3) is 16.8 Å². The summed E-state index contributed by atoms with van der Waals surface area (Å²) in [4.78, 5) is 9.07. The van der Waals surface area contributed by atoms with Crippen LogP contribution in [-0.2, 0) is 6.42 Å². The van der Waals surface area contributed by atoms with Gasteiger partial charge in [0.05, 0.1) is 11.0 Å². The van der Waals surface area contributed by atoms with Crippen molar-refractivity contribution in [2.75, 3.05) is 0 Å². The number of hydrogen-bond donors (Lipinski definition) is 0. The fourth-order valence-electron chi connectivity index (χ4n) is 2.41. The topological polar surface area (TPSA) is 30.2 Å². The Kier molecular flexibility index (Phi) is 2.97. The molecule has 1 aromatic carbocycles. The van der Waals surface area contributed by atoms with Gasteiger partial charge in [-0.2, -0.15) is 0 Å². The summed E-state index contributed by atoms with van der Waals surface area (Å²) in [5.41, 5.74) is 6.05. The van der Waals surface area contributed by atoms with E-state index in [2.05, 4.69) is 53.5 Å². The highest BCUT2D eigenvalue weighted by atomic mass is 15.1. The molecule has 0 fully saturated rings. The Morgan fingerprint density at radius 2 is 1.95 bits per heavy atom. The maximum atomic E-state index is 4.59. The zero-order valence-electron chi connectivity index (χ0n) is 11.8. The molecular formula is C16H19N3. The smallest absolute Gasteiger partial charge is 0.234 e. The van der Waals surface area contributed by atoms with Gasteiger partial charge in [0.15, 0.2) is 0 Å². The normalized spacial score (nSPS) is 11.5. The van der Waals surface area contributed by atoms with Crippen molar-refractivity contribution in [2.45, 2.75) is 40.0 Å². The molecule has 0 unspecified atom stereocenters. The average Bonchev–Trinajstić information content (AvgIpc) is 2.74. The predicted octanol–water partition coefficient (Wildman–Crippen LogP) is 3.84. The van der Waals surface area contributed by atoms with Crippen LogP contribution in [-0.4, -0.2) is 14.4 Å². The van der Waals surface area contributed by atoms with E-state index >= 15 is 0 Å². The van der Waals surface area contributed by atoms with Gasteiger partial charge in [0.1, 0.15) is 0 Å². The van der Waals surface area contributed by atoms with Crippen molar-refractivity contribution in [1.29, 1.82) is 0 Å². The molecule has 0 amide bonds. The molecule has 98 valence electrons. The van der Waals surface area contributed by atoms with E-state index in [-0.39, 0.29) is 0 Å². The maximum Gasteiger partial charge on any atom is 0.234 e. The van der Waals surface area contributed by atoms with Crippen LogP contribution in [0.1, 0.15) is 36.5 Å². The minimum Gasteiger partial charge on any atom is -0.283 e. The summed E-state index contributed by atoms with van der Waals surface area (Å²) >= 11 is 0. The van der Waals surface area contributed by atoms with Crippen molar-refractivity contribution >= 4 is 16.8 Å². The van der Waals surface area contributed by atoms with Crippen LogP contribution in [0.5, 0.6) is 0 Å². The summed E-state index contributed by atoms with van der Waals surface area (Å²) in [6.45, 7) is 6.48. The molecule has 3 heteroatoms. The Morgan fingerprint density at radius 3 is 2.74 bits per heavy atom. The molecule has 0 saturated heterocycles. The number of unbranched alkanes of at least 4 members (excludes halogenated alkanes) is 1. The van der Waals surface area contributed by atoms with Gasteiger partial charge in [-0.25, -0.2) is 9.97 Å². The highest BCUT2D eigenvalue weighted by molar-refractivity contribution is 5.81. The van der Waals surface area contributed by atoms with Gasteiger partial charge in [-0.1, -0.05) is 13.3 Å². The zero-order chi connectivity index (χ0) is 13.4. The Bertz CT molecular complexity index is 740. The van der Waals surface area contributed by atoms with Gasteiger partial charge in [-0.05, 0) is 55.5 Å². The minimum absolute atomic E-state index is 0.792. The number of aromatic nitrogens is 3. The van der Waals surface area contributed by atoms with E-state index in [1.54, 1.807) is 0 Å². The van der Waals surface area contributed by atoms with E-state index in [4.69, 9.17) is 0 Å². The van der Waals surface area contributed by atoms with E-state index in [1.165, 1.54) is 29.5 Å². The van der Waals surface area contributed by atoms with Crippen LogP contribution in [0.15, 0.2) is 24.5 Å². The molecule has 3 aromatic rings. The third-order valence-electron chi connectivity index (χ3n) is 3.75. The third-order valence-corrected chi connectivity index (χ3v) is 3.75. The van der Waals surface area contributed by atoms with Gasteiger partial charge in [-0.3, -0.25) is 4.40 Å². The minimum atomic E-state index is 0.792. The van der Waals surface area contributed by atoms with Crippen LogP contribution >= 0.6 is 0 Å². The quantitative estimate of drug-likeness (QED) is 0.710. The lowest BCUT2D eigenvalue weighted by Gasteiger charge is -2.02. The maximum absolute atomic E-state index is 4.59. The summed E-state index contributed by atoms with van der Waals surface area (Å²) in [6, 6.07) is 4.35. The fourth-order valence-corrected chi connectivity index (χ4v) is 2.41. The van der Waals surface area contributed by atoms with Gasteiger partial charge < -0.3 is 0 Å². The fraction of sp³-hybridized carbons (Fsp3) is 0.375. The largest absolute Gasteiger partial charge is 0.283 e. The van der Waals surface area contributed by atoms with Crippen molar-refractivity contribution in [3.63, 3.8) is 0 Å². The Labute approximate surface area is 113 Å². The first kappa shape index (κ1) is 12.2. The van der Waals surface area contributed by atoms with Crippen molar-refractivity contribution in [1.82, 2.24) is 14.4 Å². The van der Waals surface area contributed by atoms with Crippen molar-refractivity contribution in [3.8, 4) is 0 Å². The lowest BCUT2D eigenvalue weighted by molar-refractivity contribution is 0.787. The van der Waals surface area contributed by atoms with Crippen LogP contribution in [0.4, 0.5) is 0 Å². The number of aryl methyl sites for hydroxylation is 3. The summed E-state index contributed by atoms with van der Waals surface area (Å²) in [5, 5.41) is 0. The Balaban J connectivity index is 2.20. The second-order valence-corrected chi connectivity index (χ2v) is 5.27. The number of nitrogens with zero attached hydrogens (tertiary/aromatic N) is 3. The molecular weight excluding hydrogens is 234 g/mol. The Morgan fingerprint density at radius 1 is 1.16 bits per heavy atom. The number of fused-ring (bicyclic) bond motifs is 3. The highest BCUT2D eigenvalue weighted by Crippen LogP contribution is 2.20.